The van der Waals surface area contributed by atoms with Crippen molar-refractivity contribution in [2.75, 3.05) is 27.4 Å². The molecule has 2 aromatic carbocycles. The minimum atomic E-state index is 0.0892. The Kier molecular flexibility index (Phi) is 5.39. The number of benzene rings is 2. The number of hydrogen-bond donors (Lipinski definition) is 0. The second-order valence-corrected chi connectivity index (χ2v) is 6.36. The molecule has 2 aromatic rings. The molecular formula is C21H25NO3. The number of methoxy groups -OCH3 is 2. The maximum Gasteiger partial charge on any atom is 0.225 e. The first-order valence-electron chi connectivity index (χ1n) is 8.70. The molecule has 1 amide bonds. The van der Waals surface area contributed by atoms with E-state index in [2.05, 4.69) is 37.3 Å². The van der Waals surface area contributed by atoms with Crippen LogP contribution in [0.2, 0.25) is 0 Å². The van der Waals surface area contributed by atoms with Crippen LogP contribution in [0.15, 0.2) is 42.5 Å². The van der Waals surface area contributed by atoms with Crippen LogP contribution in [0, 0.1) is 0 Å². The summed E-state index contributed by atoms with van der Waals surface area (Å²) in [5.41, 5.74) is 5.02. The largest absolute Gasteiger partial charge is 0.497 e. The molecule has 0 saturated heterocycles. The van der Waals surface area contributed by atoms with Crippen molar-refractivity contribution in [2.45, 2.75) is 25.8 Å². The Morgan fingerprint density at radius 2 is 1.92 bits per heavy atom. The zero-order valence-corrected chi connectivity index (χ0v) is 15.1. The van der Waals surface area contributed by atoms with Crippen LogP contribution in [0.1, 0.15) is 30.5 Å². The lowest BCUT2D eigenvalue weighted by molar-refractivity contribution is -0.134. The zero-order chi connectivity index (χ0) is 17.8. The molecule has 25 heavy (non-hydrogen) atoms. The van der Waals surface area contributed by atoms with Gasteiger partial charge in [-0.3, -0.25) is 4.79 Å². The highest BCUT2D eigenvalue weighted by molar-refractivity contribution is 5.78. The quantitative estimate of drug-likeness (QED) is 0.831. The van der Waals surface area contributed by atoms with E-state index in [4.69, 9.17) is 9.47 Å². The summed E-state index contributed by atoms with van der Waals surface area (Å²) in [6.45, 7) is 3.34. The lowest BCUT2D eigenvalue weighted by Gasteiger charge is -2.36. The Balaban J connectivity index is 1.89. The molecule has 1 aliphatic rings. The van der Waals surface area contributed by atoms with Gasteiger partial charge in [0.25, 0.3) is 0 Å². The number of amides is 1. The van der Waals surface area contributed by atoms with Crippen LogP contribution < -0.4 is 4.74 Å². The molecule has 1 aliphatic heterocycles. The number of rotatable bonds is 5. The van der Waals surface area contributed by atoms with Gasteiger partial charge in [-0.15, -0.1) is 0 Å². The summed E-state index contributed by atoms with van der Waals surface area (Å²) >= 11 is 0. The second-order valence-electron chi connectivity index (χ2n) is 6.36. The molecule has 0 unspecified atom stereocenters. The van der Waals surface area contributed by atoms with Gasteiger partial charge in [-0.05, 0) is 47.7 Å². The summed E-state index contributed by atoms with van der Waals surface area (Å²) < 4.78 is 10.3. The van der Waals surface area contributed by atoms with Crippen LogP contribution >= 0.6 is 0 Å². The van der Waals surface area contributed by atoms with Gasteiger partial charge in [0.15, 0.2) is 0 Å². The van der Waals surface area contributed by atoms with E-state index in [0.717, 1.165) is 18.7 Å². The third kappa shape index (κ3) is 3.54. The van der Waals surface area contributed by atoms with Crippen LogP contribution in [0.5, 0.6) is 5.75 Å². The van der Waals surface area contributed by atoms with E-state index in [1.54, 1.807) is 14.2 Å². The number of ether oxygens (including phenoxy) is 2. The van der Waals surface area contributed by atoms with Gasteiger partial charge in [-0.2, -0.15) is 0 Å². The molecule has 0 aliphatic carbocycles. The van der Waals surface area contributed by atoms with Crippen LogP contribution in [0.3, 0.4) is 0 Å². The van der Waals surface area contributed by atoms with E-state index in [0.29, 0.717) is 13.0 Å². The molecule has 0 aromatic heterocycles. The fraction of sp³-hybridized carbons (Fsp3) is 0.381. The maximum atomic E-state index is 12.4. The van der Waals surface area contributed by atoms with Gasteiger partial charge in [0, 0.05) is 13.7 Å². The highest BCUT2D eigenvalue weighted by atomic mass is 16.5. The number of fused-ring (bicyclic) bond motifs is 1. The monoisotopic (exact) mass is 339 g/mol. The molecule has 4 nitrogen and oxygen atoms in total. The van der Waals surface area contributed by atoms with Crippen LogP contribution in [-0.2, 0) is 16.0 Å². The van der Waals surface area contributed by atoms with Crippen molar-refractivity contribution >= 4 is 5.91 Å². The van der Waals surface area contributed by atoms with Crippen molar-refractivity contribution in [1.29, 1.82) is 0 Å². The van der Waals surface area contributed by atoms with Gasteiger partial charge >= 0.3 is 0 Å². The number of carbonyl (C=O) groups excluding carboxylic acids is 1. The first-order valence-corrected chi connectivity index (χ1v) is 8.70. The summed E-state index contributed by atoms with van der Waals surface area (Å²) in [6, 6.07) is 14.6. The van der Waals surface area contributed by atoms with Gasteiger partial charge in [0.2, 0.25) is 5.91 Å². The highest BCUT2D eigenvalue weighted by Crippen LogP contribution is 2.36. The average Bonchev–Trinajstić information content (AvgIpc) is 2.66. The minimum absolute atomic E-state index is 0.0892. The molecular weight excluding hydrogens is 314 g/mol. The molecule has 0 N–H and O–H groups in total. The second kappa shape index (κ2) is 7.70. The van der Waals surface area contributed by atoms with E-state index in [1.165, 1.54) is 22.3 Å². The van der Waals surface area contributed by atoms with Crippen molar-refractivity contribution < 1.29 is 14.3 Å². The third-order valence-corrected chi connectivity index (χ3v) is 4.97. The van der Waals surface area contributed by atoms with Crippen molar-refractivity contribution in [3.8, 4) is 16.9 Å². The van der Waals surface area contributed by atoms with E-state index >= 15 is 0 Å². The number of nitrogens with zero attached hydrogens (tertiary/aromatic N) is 1. The lowest BCUT2D eigenvalue weighted by Crippen LogP contribution is -2.39. The first-order chi connectivity index (χ1) is 12.2. The van der Waals surface area contributed by atoms with Crippen molar-refractivity contribution in [3.05, 3.63) is 53.6 Å². The lowest BCUT2D eigenvalue weighted by atomic mass is 9.87. The standard InChI is InChI=1S/C21H25NO3/c1-15-18-5-4-6-19(16-7-9-17(25-3)10-8-16)20(18)11-13-22(15)21(23)12-14-24-2/h4-10,15H,11-14H2,1-3H3/t15-/m1/s1. The average molecular weight is 339 g/mol. The molecule has 0 saturated carbocycles. The number of carbonyl (C=O) groups is 1. The Bertz CT molecular complexity index is 739. The van der Waals surface area contributed by atoms with Crippen LogP contribution in [0.25, 0.3) is 11.1 Å². The normalized spacial score (nSPS) is 16.4. The van der Waals surface area contributed by atoms with E-state index in [1.807, 2.05) is 17.0 Å². The molecule has 1 heterocycles. The van der Waals surface area contributed by atoms with Gasteiger partial charge in [-0.1, -0.05) is 30.3 Å². The minimum Gasteiger partial charge on any atom is -0.497 e. The predicted molar refractivity (Wildman–Crippen MR) is 98.8 cm³/mol. The van der Waals surface area contributed by atoms with Gasteiger partial charge in [-0.25, -0.2) is 0 Å². The topological polar surface area (TPSA) is 38.8 Å². The molecule has 132 valence electrons. The Morgan fingerprint density at radius 3 is 2.60 bits per heavy atom. The highest BCUT2D eigenvalue weighted by Gasteiger charge is 2.28. The molecule has 0 radical (unpaired) electrons. The van der Waals surface area contributed by atoms with Crippen LogP contribution in [-0.4, -0.2) is 38.2 Å². The fourth-order valence-electron chi connectivity index (χ4n) is 3.58. The third-order valence-electron chi connectivity index (χ3n) is 4.97. The molecule has 0 bridgehead atoms. The van der Waals surface area contributed by atoms with Gasteiger partial charge in [0.05, 0.1) is 26.2 Å². The van der Waals surface area contributed by atoms with Crippen molar-refractivity contribution in [3.63, 3.8) is 0 Å². The van der Waals surface area contributed by atoms with E-state index < -0.39 is 0 Å². The van der Waals surface area contributed by atoms with E-state index in [9.17, 15) is 4.79 Å². The number of hydrogen-bond acceptors (Lipinski definition) is 3. The molecule has 4 heteroatoms. The molecule has 0 spiro atoms. The maximum absolute atomic E-state index is 12.4. The summed E-state index contributed by atoms with van der Waals surface area (Å²) in [6.07, 6.45) is 1.31. The summed E-state index contributed by atoms with van der Waals surface area (Å²) in [5.74, 6) is 1.02. The fourth-order valence-corrected chi connectivity index (χ4v) is 3.58. The Labute approximate surface area is 149 Å². The van der Waals surface area contributed by atoms with Crippen molar-refractivity contribution in [2.24, 2.45) is 0 Å². The van der Waals surface area contributed by atoms with Gasteiger partial charge < -0.3 is 14.4 Å². The Morgan fingerprint density at radius 1 is 1.16 bits per heavy atom. The predicted octanol–water partition coefficient (Wildman–Crippen LogP) is 3.84. The summed E-state index contributed by atoms with van der Waals surface area (Å²) in [5, 5.41) is 0. The molecule has 3 rings (SSSR count). The zero-order valence-electron chi connectivity index (χ0n) is 15.1. The SMILES string of the molecule is COCCC(=O)N1CCc2c(-c3ccc(OC)cc3)cccc2[C@H]1C. The van der Waals surface area contributed by atoms with Crippen molar-refractivity contribution in [1.82, 2.24) is 4.90 Å². The smallest absolute Gasteiger partial charge is 0.225 e. The summed E-state index contributed by atoms with van der Waals surface area (Å²) in [4.78, 5) is 14.4. The first kappa shape index (κ1) is 17.5. The molecule has 1 atom stereocenters. The van der Waals surface area contributed by atoms with E-state index in [-0.39, 0.29) is 11.9 Å². The van der Waals surface area contributed by atoms with Gasteiger partial charge in [0.1, 0.15) is 5.75 Å². The summed E-state index contributed by atoms with van der Waals surface area (Å²) in [7, 11) is 3.31. The van der Waals surface area contributed by atoms with Crippen LogP contribution in [0.4, 0.5) is 0 Å². The molecule has 0 fully saturated rings. The Hall–Kier alpha value is -2.33.